The van der Waals surface area contributed by atoms with Crippen LogP contribution in [0.1, 0.15) is 57.5 Å². The van der Waals surface area contributed by atoms with E-state index in [2.05, 4.69) is 29.1 Å². The van der Waals surface area contributed by atoms with Crippen LogP contribution in [0.2, 0.25) is 0 Å². The van der Waals surface area contributed by atoms with Gasteiger partial charge in [0.2, 0.25) is 0 Å². The molecule has 0 spiro atoms. The molecule has 5 nitrogen and oxygen atoms in total. The lowest BCUT2D eigenvalue weighted by molar-refractivity contribution is -0.0600. The van der Waals surface area contributed by atoms with Crippen LogP contribution < -0.4 is 10.9 Å². The Morgan fingerprint density at radius 3 is 2.81 bits per heavy atom. The fraction of sp³-hybridized carbons (Fsp3) is 0.750. The Labute approximate surface area is 126 Å². The van der Waals surface area contributed by atoms with Gasteiger partial charge in [-0.1, -0.05) is 13.8 Å². The summed E-state index contributed by atoms with van der Waals surface area (Å²) in [6, 6.07) is 1.57. The summed E-state index contributed by atoms with van der Waals surface area (Å²) in [7, 11) is 1.72. The summed E-state index contributed by atoms with van der Waals surface area (Å²) in [5.74, 6) is 1.41. The van der Waals surface area contributed by atoms with Gasteiger partial charge < -0.3 is 15.0 Å². The van der Waals surface area contributed by atoms with Crippen molar-refractivity contribution in [3.05, 3.63) is 27.9 Å². The molecule has 1 fully saturated rings. The van der Waals surface area contributed by atoms with Crippen LogP contribution in [-0.4, -0.2) is 23.6 Å². The van der Waals surface area contributed by atoms with Gasteiger partial charge in [0.15, 0.2) is 0 Å². The SMILES string of the molecule is CCCNCc1cc(=O)[nH]c(C2(OC)CCC(C)CC2)n1. The van der Waals surface area contributed by atoms with E-state index in [9.17, 15) is 4.79 Å². The van der Waals surface area contributed by atoms with E-state index in [0.717, 1.165) is 50.3 Å². The molecule has 21 heavy (non-hydrogen) atoms. The van der Waals surface area contributed by atoms with Crippen molar-refractivity contribution in [1.29, 1.82) is 0 Å². The van der Waals surface area contributed by atoms with Crippen molar-refractivity contribution in [3.63, 3.8) is 0 Å². The van der Waals surface area contributed by atoms with Crippen LogP contribution in [0.15, 0.2) is 10.9 Å². The monoisotopic (exact) mass is 293 g/mol. The molecule has 118 valence electrons. The van der Waals surface area contributed by atoms with E-state index >= 15 is 0 Å². The first kappa shape index (κ1) is 16.2. The number of hydrogen-bond acceptors (Lipinski definition) is 4. The molecule has 0 aromatic carbocycles. The lowest BCUT2D eigenvalue weighted by Crippen LogP contribution is -2.37. The maximum atomic E-state index is 11.9. The molecule has 1 aromatic rings. The Morgan fingerprint density at radius 1 is 1.48 bits per heavy atom. The first-order valence-corrected chi connectivity index (χ1v) is 7.96. The quantitative estimate of drug-likeness (QED) is 0.790. The highest BCUT2D eigenvalue weighted by atomic mass is 16.5. The molecule has 1 aliphatic rings. The highest BCUT2D eigenvalue weighted by molar-refractivity contribution is 5.10. The molecule has 5 heteroatoms. The van der Waals surface area contributed by atoms with Gasteiger partial charge in [-0.2, -0.15) is 0 Å². The van der Waals surface area contributed by atoms with Gasteiger partial charge in [-0.25, -0.2) is 4.98 Å². The molecule has 0 amide bonds. The minimum absolute atomic E-state index is 0.0941. The summed E-state index contributed by atoms with van der Waals surface area (Å²) in [4.78, 5) is 19.5. The van der Waals surface area contributed by atoms with Crippen LogP contribution in [0.4, 0.5) is 0 Å². The summed E-state index contributed by atoms with van der Waals surface area (Å²) >= 11 is 0. The van der Waals surface area contributed by atoms with Gasteiger partial charge >= 0.3 is 0 Å². The summed E-state index contributed by atoms with van der Waals surface area (Å²) in [5.41, 5.74) is 0.271. The Balaban J connectivity index is 2.22. The van der Waals surface area contributed by atoms with Crippen molar-refractivity contribution in [2.45, 2.75) is 58.1 Å². The van der Waals surface area contributed by atoms with E-state index < -0.39 is 5.60 Å². The molecule has 1 saturated carbocycles. The third-order valence-electron chi connectivity index (χ3n) is 4.43. The standard InChI is InChI=1S/C16H27N3O2/c1-4-9-17-11-13-10-14(20)19-15(18-13)16(21-3)7-5-12(2)6-8-16/h10,12,17H,4-9,11H2,1-3H3,(H,18,19,20). The Morgan fingerprint density at radius 2 is 2.19 bits per heavy atom. The molecule has 0 unspecified atom stereocenters. The molecular weight excluding hydrogens is 266 g/mol. The Hall–Kier alpha value is -1.20. The largest absolute Gasteiger partial charge is 0.370 e. The van der Waals surface area contributed by atoms with Gasteiger partial charge in [0, 0.05) is 19.7 Å². The zero-order chi connectivity index (χ0) is 15.3. The normalized spacial score (nSPS) is 26.0. The van der Waals surface area contributed by atoms with Crippen molar-refractivity contribution in [2.24, 2.45) is 5.92 Å². The molecule has 2 N–H and O–H groups in total. The highest BCUT2D eigenvalue weighted by Gasteiger charge is 2.38. The van der Waals surface area contributed by atoms with Crippen molar-refractivity contribution >= 4 is 0 Å². The Kier molecular flexibility index (Phi) is 5.53. The summed E-state index contributed by atoms with van der Waals surface area (Å²) < 4.78 is 5.80. The fourth-order valence-corrected chi connectivity index (χ4v) is 2.97. The zero-order valence-electron chi connectivity index (χ0n) is 13.4. The van der Waals surface area contributed by atoms with Gasteiger partial charge in [0.25, 0.3) is 5.56 Å². The van der Waals surface area contributed by atoms with Crippen LogP contribution in [0, 0.1) is 5.92 Å². The third-order valence-corrected chi connectivity index (χ3v) is 4.43. The van der Waals surface area contributed by atoms with Gasteiger partial charge in [-0.3, -0.25) is 4.79 Å². The molecular formula is C16H27N3O2. The third kappa shape index (κ3) is 3.92. The summed E-state index contributed by atoms with van der Waals surface area (Å²) in [6.07, 6.45) is 5.11. The maximum Gasteiger partial charge on any atom is 0.251 e. The average Bonchev–Trinajstić information content (AvgIpc) is 2.48. The first-order chi connectivity index (χ1) is 10.1. The molecule has 2 rings (SSSR count). The number of nitrogens with one attached hydrogen (secondary N) is 2. The van der Waals surface area contributed by atoms with Gasteiger partial charge in [0.05, 0.1) is 5.69 Å². The van der Waals surface area contributed by atoms with Crippen LogP contribution in [0.25, 0.3) is 0 Å². The number of ether oxygens (including phenoxy) is 1. The molecule has 0 atom stereocenters. The number of rotatable bonds is 6. The minimum atomic E-state index is -0.424. The van der Waals surface area contributed by atoms with Crippen LogP contribution in [0.3, 0.4) is 0 Å². The molecule has 1 aliphatic carbocycles. The van der Waals surface area contributed by atoms with Crippen molar-refractivity contribution < 1.29 is 4.74 Å². The average molecular weight is 293 g/mol. The zero-order valence-corrected chi connectivity index (χ0v) is 13.4. The molecule has 0 radical (unpaired) electrons. The van der Waals surface area contributed by atoms with Gasteiger partial charge in [-0.15, -0.1) is 0 Å². The van der Waals surface area contributed by atoms with Crippen molar-refractivity contribution in [3.8, 4) is 0 Å². The molecule has 0 saturated heterocycles. The Bertz CT molecular complexity index is 504. The van der Waals surface area contributed by atoms with E-state index in [4.69, 9.17) is 4.74 Å². The summed E-state index contributed by atoms with van der Waals surface area (Å²) in [5, 5.41) is 3.29. The van der Waals surface area contributed by atoms with Gasteiger partial charge in [-0.05, 0) is 44.6 Å². The molecule has 1 aromatic heterocycles. The predicted molar refractivity (Wildman–Crippen MR) is 83.2 cm³/mol. The van der Waals surface area contributed by atoms with E-state index in [1.54, 1.807) is 13.2 Å². The van der Waals surface area contributed by atoms with Crippen LogP contribution in [0.5, 0.6) is 0 Å². The maximum absolute atomic E-state index is 11.9. The second-order valence-corrected chi connectivity index (χ2v) is 6.14. The second-order valence-electron chi connectivity index (χ2n) is 6.14. The van der Waals surface area contributed by atoms with Crippen LogP contribution in [-0.2, 0) is 16.9 Å². The fourth-order valence-electron chi connectivity index (χ4n) is 2.97. The minimum Gasteiger partial charge on any atom is -0.370 e. The number of hydrogen-bond donors (Lipinski definition) is 2. The number of nitrogens with zero attached hydrogens (tertiary/aromatic N) is 1. The molecule has 0 bridgehead atoms. The molecule has 0 aliphatic heterocycles. The van der Waals surface area contributed by atoms with E-state index in [1.807, 2.05) is 0 Å². The highest BCUT2D eigenvalue weighted by Crippen LogP contribution is 2.40. The van der Waals surface area contributed by atoms with Crippen molar-refractivity contribution in [2.75, 3.05) is 13.7 Å². The van der Waals surface area contributed by atoms with Crippen LogP contribution >= 0.6 is 0 Å². The summed E-state index contributed by atoms with van der Waals surface area (Å²) in [6.45, 7) is 5.94. The predicted octanol–water partition coefficient (Wildman–Crippen LogP) is 2.32. The van der Waals surface area contributed by atoms with E-state index in [1.165, 1.54) is 0 Å². The number of H-pyrrole nitrogens is 1. The number of aromatic amines is 1. The van der Waals surface area contributed by atoms with E-state index in [0.29, 0.717) is 12.4 Å². The van der Waals surface area contributed by atoms with E-state index in [-0.39, 0.29) is 5.56 Å². The number of methoxy groups -OCH3 is 1. The molecule has 1 heterocycles. The first-order valence-electron chi connectivity index (χ1n) is 7.96. The van der Waals surface area contributed by atoms with Crippen molar-refractivity contribution in [1.82, 2.24) is 15.3 Å². The second kappa shape index (κ2) is 7.18. The topological polar surface area (TPSA) is 67.0 Å². The lowest BCUT2D eigenvalue weighted by Gasteiger charge is -2.37. The number of aromatic nitrogens is 2. The smallest absolute Gasteiger partial charge is 0.251 e. The van der Waals surface area contributed by atoms with Gasteiger partial charge in [0.1, 0.15) is 11.4 Å². The lowest BCUT2D eigenvalue weighted by atomic mass is 9.79.